The maximum atomic E-state index is 9.44. The Morgan fingerprint density at radius 3 is 2.57 bits per heavy atom. The van der Waals surface area contributed by atoms with Crippen molar-refractivity contribution in [2.75, 3.05) is 0 Å². The van der Waals surface area contributed by atoms with E-state index in [1.54, 1.807) is 5.32 Å². The second-order valence-corrected chi connectivity index (χ2v) is 0.712. The van der Waals surface area contributed by atoms with Crippen molar-refractivity contribution in [3.05, 3.63) is 6.20 Å². The minimum atomic E-state index is -1.26. The van der Waals surface area contributed by atoms with Crippen LogP contribution in [0.5, 0.6) is 0 Å². The Hall–Kier alpha value is -1.28. The third-order valence-corrected chi connectivity index (χ3v) is 0.255. The summed E-state index contributed by atoms with van der Waals surface area (Å²) >= 11 is 0. The topological polar surface area (TPSA) is 66.4 Å². The first kappa shape index (κ1) is 5.72. The maximum Gasteiger partial charge on any atom is 0.409 e. The van der Waals surface area contributed by atoms with Crippen LogP contribution in [0.3, 0.4) is 0 Å². The van der Waals surface area contributed by atoms with Gasteiger partial charge in [-0.05, 0) is 0 Å². The quantitative estimate of drug-likeness (QED) is 0.441. The van der Waals surface area contributed by atoms with Crippen molar-refractivity contribution in [1.29, 1.82) is 0 Å². The summed E-state index contributed by atoms with van der Waals surface area (Å²) in [5, 5.41) is 9.39. The molecule has 0 aromatic carbocycles. The molecule has 0 aliphatic rings. The van der Waals surface area contributed by atoms with Crippen LogP contribution in [-0.2, 0) is 4.79 Å². The van der Waals surface area contributed by atoms with Gasteiger partial charge in [-0.2, -0.15) is 0 Å². The zero-order valence-corrected chi connectivity index (χ0v) is 3.34. The number of amides is 1. The summed E-state index contributed by atoms with van der Waals surface area (Å²) in [5.41, 5.74) is 0. The van der Waals surface area contributed by atoms with Gasteiger partial charge in [0.2, 0.25) is 0 Å². The summed E-state index contributed by atoms with van der Waals surface area (Å²) in [4.78, 5) is 18.6. The highest BCUT2D eigenvalue weighted by Crippen LogP contribution is 1.53. The largest absolute Gasteiger partial charge is 0.465 e. The molecule has 7 heavy (non-hydrogen) atoms. The number of carbonyl (C=O) groups is 1. The average Bonchev–Trinajstić information content (AvgIpc) is 1.61. The predicted octanol–water partition coefficient (Wildman–Crippen LogP) is -0.401. The molecule has 0 aromatic rings. The van der Waals surface area contributed by atoms with E-state index in [9.17, 15) is 9.59 Å². The minimum absolute atomic E-state index is 0.669. The van der Waals surface area contributed by atoms with E-state index >= 15 is 0 Å². The molecule has 0 rings (SSSR count). The predicted molar refractivity (Wildman–Crippen MR) is 21.4 cm³/mol. The average molecular weight is 101 g/mol. The van der Waals surface area contributed by atoms with Gasteiger partial charge in [0.15, 0.2) is 0 Å². The summed E-state index contributed by atoms with van der Waals surface area (Å²) in [6.07, 6.45) is -0.592. The van der Waals surface area contributed by atoms with Gasteiger partial charge in [-0.15, -0.1) is 0 Å². The standard InChI is InChI=1S/C3H3NO3/c5-2-1-4-3(6)7/h1,4H,(H,6,7). The molecule has 0 radical (unpaired) electrons. The van der Waals surface area contributed by atoms with Crippen molar-refractivity contribution < 1.29 is 14.7 Å². The van der Waals surface area contributed by atoms with Crippen molar-refractivity contribution in [1.82, 2.24) is 5.32 Å². The molecule has 0 aromatic heterocycles. The fraction of sp³-hybridized carbons (Fsp3) is 0. The zero-order chi connectivity index (χ0) is 5.70. The second-order valence-electron chi connectivity index (χ2n) is 0.712. The van der Waals surface area contributed by atoms with Crippen LogP contribution in [0, 0.1) is 0 Å². The van der Waals surface area contributed by atoms with E-state index < -0.39 is 6.09 Å². The number of hydrogen-bond acceptors (Lipinski definition) is 2. The molecule has 1 amide bonds. The first-order valence-corrected chi connectivity index (χ1v) is 1.46. The van der Waals surface area contributed by atoms with Gasteiger partial charge in [-0.3, -0.25) is 5.32 Å². The highest BCUT2D eigenvalue weighted by Gasteiger charge is 1.82. The molecule has 0 unspecified atom stereocenters. The van der Waals surface area contributed by atoms with Gasteiger partial charge in [0.25, 0.3) is 0 Å². The lowest BCUT2D eigenvalue weighted by atomic mass is 10.9. The van der Waals surface area contributed by atoms with E-state index in [0.717, 1.165) is 0 Å². The summed E-state index contributed by atoms with van der Waals surface area (Å²) in [5.74, 6) is 1.23. The van der Waals surface area contributed by atoms with Gasteiger partial charge in [0, 0.05) is 0 Å². The third kappa shape index (κ3) is 4.72. The van der Waals surface area contributed by atoms with Gasteiger partial charge in [-0.25, -0.2) is 9.59 Å². The first-order valence-electron chi connectivity index (χ1n) is 1.46. The molecule has 0 saturated heterocycles. The molecule has 0 bridgehead atoms. The Labute approximate surface area is 39.4 Å². The van der Waals surface area contributed by atoms with Crippen molar-refractivity contribution in [3.63, 3.8) is 0 Å². The van der Waals surface area contributed by atoms with E-state index in [2.05, 4.69) is 0 Å². The monoisotopic (exact) mass is 101 g/mol. The molecule has 0 saturated carbocycles. The second kappa shape index (κ2) is 2.93. The van der Waals surface area contributed by atoms with Crippen LogP contribution >= 0.6 is 0 Å². The lowest BCUT2D eigenvalue weighted by Gasteiger charge is -1.80. The third-order valence-electron chi connectivity index (χ3n) is 0.255. The molecule has 0 heterocycles. The summed E-state index contributed by atoms with van der Waals surface area (Å²) in [6, 6.07) is 0. The molecular formula is C3H3NO3. The number of hydrogen-bond donors (Lipinski definition) is 2. The Balaban J connectivity index is 3.32. The number of nitrogens with one attached hydrogen (secondary N) is 1. The molecule has 4 nitrogen and oxygen atoms in total. The smallest absolute Gasteiger partial charge is 0.409 e. The van der Waals surface area contributed by atoms with E-state index in [1.165, 1.54) is 5.94 Å². The van der Waals surface area contributed by atoms with Crippen LogP contribution in [-0.4, -0.2) is 17.1 Å². The fourth-order valence-corrected chi connectivity index (χ4v) is 0.0912. The van der Waals surface area contributed by atoms with Gasteiger partial charge in [0.1, 0.15) is 5.94 Å². The highest BCUT2D eigenvalue weighted by molar-refractivity contribution is 5.68. The molecule has 0 fully saturated rings. The van der Waals surface area contributed by atoms with Crippen LogP contribution in [0.25, 0.3) is 0 Å². The van der Waals surface area contributed by atoms with Crippen molar-refractivity contribution in [2.24, 2.45) is 0 Å². The van der Waals surface area contributed by atoms with Gasteiger partial charge in [0.05, 0.1) is 6.20 Å². The van der Waals surface area contributed by atoms with E-state index in [0.29, 0.717) is 6.20 Å². The van der Waals surface area contributed by atoms with E-state index in [4.69, 9.17) is 5.11 Å². The SMILES string of the molecule is O=C=CNC(=O)O. The molecule has 38 valence electrons. The molecule has 4 heteroatoms. The first-order chi connectivity index (χ1) is 3.27. The van der Waals surface area contributed by atoms with Crippen molar-refractivity contribution >= 4 is 12.0 Å². The normalized spacial score (nSPS) is 6.29. The van der Waals surface area contributed by atoms with Crippen LogP contribution in [0.1, 0.15) is 0 Å². The molecular weight excluding hydrogens is 98.0 g/mol. The maximum absolute atomic E-state index is 9.44. The lowest BCUT2D eigenvalue weighted by Crippen LogP contribution is -2.12. The van der Waals surface area contributed by atoms with Gasteiger partial charge >= 0.3 is 6.09 Å². The Bertz CT molecular complexity index is 113. The van der Waals surface area contributed by atoms with Crippen LogP contribution in [0.2, 0.25) is 0 Å². The summed E-state index contributed by atoms with van der Waals surface area (Å²) in [6.45, 7) is 0. The van der Waals surface area contributed by atoms with Crippen molar-refractivity contribution in [2.45, 2.75) is 0 Å². The fourth-order valence-electron chi connectivity index (χ4n) is 0.0912. The Morgan fingerprint density at radius 2 is 2.43 bits per heavy atom. The van der Waals surface area contributed by atoms with Crippen LogP contribution in [0.15, 0.2) is 6.20 Å². The van der Waals surface area contributed by atoms with E-state index in [-0.39, 0.29) is 0 Å². The zero-order valence-electron chi connectivity index (χ0n) is 3.34. The molecule has 2 N–H and O–H groups in total. The van der Waals surface area contributed by atoms with E-state index in [1.807, 2.05) is 0 Å². The summed E-state index contributed by atoms with van der Waals surface area (Å²) in [7, 11) is 0. The van der Waals surface area contributed by atoms with Crippen LogP contribution in [0.4, 0.5) is 4.79 Å². The summed E-state index contributed by atoms with van der Waals surface area (Å²) < 4.78 is 0. The van der Waals surface area contributed by atoms with Gasteiger partial charge < -0.3 is 5.11 Å². The van der Waals surface area contributed by atoms with Gasteiger partial charge in [-0.1, -0.05) is 0 Å². The molecule has 0 aliphatic heterocycles. The number of rotatable bonds is 1. The molecule has 0 spiro atoms. The Morgan fingerprint density at radius 1 is 1.86 bits per heavy atom. The number of carboxylic acid groups (broad SMARTS) is 1. The highest BCUT2D eigenvalue weighted by atomic mass is 16.4. The molecule has 0 aliphatic carbocycles. The Kier molecular flexibility index (Phi) is 2.40. The molecule has 0 atom stereocenters. The van der Waals surface area contributed by atoms with Crippen molar-refractivity contribution in [3.8, 4) is 0 Å². The van der Waals surface area contributed by atoms with Crippen LogP contribution < -0.4 is 5.32 Å². The minimum Gasteiger partial charge on any atom is -0.465 e. The number of carbonyl (C=O) groups excluding carboxylic acids is 1. The lowest BCUT2D eigenvalue weighted by molar-refractivity contribution is 0.198.